The minimum atomic E-state index is -0.0968. The van der Waals surface area contributed by atoms with Gasteiger partial charge in [0, 0.05) is 19.1 Å². The van der Waals surface area contributed by atoms with E-state index in [2.05, 4.69) is 4.98 Å². The second-order valence-corrected chi connectivity index (χ2v) is 6.88. The highest BCUT2D eigenvalue weighted by Crippen LogP contribution is 2.33. The van der Waals surface area contributed by atoms with E-state index in [0.29, 0.717) is 30.2 Å². The van der Waals surface area contributed by atoms with Gasteiger partial charge in [-0.1, -0.05) is 18.2 Å². The van der Waals surface area contributed by atoms with Crippen LogP contribution in [0.4, 0.5) is 0 Å². The lowest BCUT2D eigenvalue weighted by molar-refractivity contribution is 0.0691. The number of rotatable bonds is 4. The molecule has 1 aromatic heterocycles. The normalized spacial score (nSPS) is 15.0. The summed E-state index contributed by atoms with van der Waals surface area (Å²) in [5.41, 5.74) is 2.14. The third-order valence-electron chi connectivity index (χ3n) is 5.37. The number of carbonyl (C=O) groups is 1. The number of imidazole rings is 1. The first kappa shape index (κ1) is 18.2. The summed E-state index contributed by atoms with van der Waals surface area (Å²) in [5.74, 6) is 0.902. The van der Waals surface area contributed by atoms with E-state index in [1.54, 1.807) is 25.3 Å². The van der Waals surface area contributed by atoms with Gasteiger partial charge in [-0.3, -0.25) is 9.36 Å². The summed E-state index contributed by atoms with van der Waals surface area (Å²) in [6.45, 7) is 1.16. The van der Waals surface area contributed by atoms with Gasteiger partial charge in [-0.2, -0.15) is 0 Å². The maximum atomic E-state index is 13.0. The molecule has 0 bridgehead atoms. The molecule has 146 valence electrons. The summed E-state index contributed by atoms with van der Waals surface area (Å²) in [6.07, 6.45) is 1.44. The molecule has 2 heterocycles. The molecule has 0 saturated carbocycles. The molecule has 1 saturated heterocycles. The van der Waals surface area contributed by atoms with Gasteiger partial charge < -0.3 is 19.4 Å². The summed E-state index contributed by atoms with van der Waals surface area (Å²) in [5, 5.41) is 0. The van der Waals surface area contributed by atoms with E-state index >= 15 is 0 Å². The molecule has 0 atom stereocenters. The third-order valence-corrected chi connectivity index (χ3v) is 5.37. The topological polar surface area (TPSA) is 76.6 Å². The number of piperidine rings is 1. The summed E-state index contributed by atoms with van der Waals surface area (Å²) in [7, 11) is 3.08. The van der Waals surface area contributed by atoms with Gasteiger partial charge in [-0.05, 0) is 37.1 Å². The van der Waals surface area contributed by atoms with E-state index in [4.69, 9.17) is 9.47 Å². The third kappa shape index (κ3) is 3.02. The van der Waals surface area contributed by atoms with Crippen LogP contribution in [-0.2, 0) is 0 Å². The van der Waals surface area contributed by atoms with Crippen LogP contribution in [0.5, 0.6) is 11.5 Å². The number of H-pyrrole nitrogens is 1. The Hall–Kier alpha value is -3.22. The molecular formula is C21H23N3O4. The number of methoxy groups -OCH3 is 2. The lowest BCUT2D eigenvalue weighted by atomic mass is 10.0. The predicted molar refractivity (Wildman–Crippen MR) is 106 cm³/mol. The quantitative estimate of drug-likeness (QED) is 0.754. The lowest BCUT2D eigenvalue weighted by Crippen LogP contribution is -2.40. The molecule has 1 N–H and O–H groups in total. The maximum Gasteiger partial charge on any atom is 0.326 e. The average molecular weight is 381 g/mol. The minimum Gasteiger partial charge on any atom is -0.493 e. The van der Waals surface area contributed by atoms with Gasteiger partial charge in [-0.25, -0.2) is 4.79 Å². The molecule has 3 aromatic rings. The van der Waals surface area contributed by atoms with Crippen molar-refractivity contribution in [3.05, 3.63) is 58.5 Å². The van der Waals surface area contributed by atoms with E-state index in [9.17, 15) is 9.59 Å². The van der Waals surface area contributed by atoms with Crippen LogP contribution in [0.3, 0.4) is 0 Å². The van der Waals surface area contributed by atoms with Gasteiger partial charge >= 0.3 is 5.69 Å². The van der Waals surface area contributed by atoms with Crippen molar-refractivity contribution >= 4 is 16.9 Å². The van der Waals surface area contributed by atoms with Crippen molar-refractivity contribution in [2.24, 2.45) is 0 Å². The van der Waals surface area contributed by atoms with Crippen molar-refractivity contribution in [1.82, 2.24) is 14.5 Å². The van der Waals surface area contributed by atoms with Gasteiger partial charge in [0.2, 0.25) is 0 Å². The van der Waals surface area contributed by atoms with Crippen LogP contribution in [0.2, 0.25) is 0 Å². The summed E-state index contributed by atoms with van der Waals surface area (Å²) < 4.78 is 12.5. The number of aromatic amines is 1. The molecule has 1 aliphatic heterocycles. The Morgan fingerprint density at radius 3 is 2.50 bits per heavy atom. The van der Waals surface area contributed by atoms with Crippen LogP contribution < -0.4 is 15.2 Å². The summed E-state index contributed by atoms with van der Waals surface area (Å²) in [6, 6.07) is 13.1. The van der Waals surface area contributed by atoms with Gasteiger partial charge in [0.05, 0.1) is 30.8 Å². The number of para-hydroxylation sites is 3. The number of hydrogen-bond donors (Lipinski definition) is 1. The van der Waals surface area contributed by atoms with Crippen molar-refractivity contribution in [3.63, 3.8) is 0 Å². The van der Waals surface area contributed by atoms with E-state index in [0.717, 1.165) is 23.9 Å². The second-order valence-electron chi connectivity index (χ2n) is 6.88. The molecule has 0 spiro atoms. The van der Waals surface area contributed by atoms with Gasteiger partial charge in [-0.15, -0.1) is 0 Å². The highest BCUT2D eigenvalue weighted by atomic mass is 16.5. The van der Waals surface area contributed by atoms with Gasteiger partial charge in [0.15, 0.2) is 11.5 Å². The van der Waals surface area contributed by atoms with E-state index in [1.807, 2.05) is 33.7 Å². The molecule has 1 aliphatic rings. The fraction of sp³-hybridized carbons (Fsp3) is 0.333. The first-order valence-electron chi connectivity index (χ1n) is 9.33. The van der Waals surface area contributed by atoms with Crippen molar-refractivity contribution in [3.8, 4) is 11.5 Å². The number of amides is 1. The zero-order valence-electron chi connectivity index (χ0n) is 16.0. The Morgan fingerprint density at radius 1 is 1.04 bits per heavy atom. The van der Waals surface area contributed by atoms with Gasteiger partial charge in [0.1, 0.15) is 0 Å². The number of nitrogens with zero attached hydrogens (tertiary/aromatic N) is 2. The molecule has 7 heteroatoms. The Labute approximate surface area is 162 Å². The summed E-state index contributed by atoms with van der Waals surface area (Å²) in [4.78, 5) is 30.2. The molecule has 28 heavy (non-hydrogen) atoms. The first-order chi connectivity index (χ1) is 13.6. The molecular weight excluding hydrogens is 358 g/mol. The SMILES string of the molecule is COc1cccc(C(=O)N2CCC(n3c(=O)[nH]c4ccccc43)CC2)c1OC. The lowest BCUT2D eigenvalue weighted by Gasteiger charge is -2.33. The molecule has 2 aromatic carbocycles. The minimum absolute atomic E-state index is 0.0694. The second kappa shape index (κ2) is 7.42. The number of benzene rings is 2. The Morgan fingerprint density at radius 2 is 1.79 bits per heavy atom. The van der Waals surface area contributed by atoms with Crippen LogP contribution in [0.15, 0.2) is 47.3 Å². The molecule has 1 amide bonds. The van der Waals surface area contributed by atoms with Crippen molar-refractivity contribution in [2.75, 3.05) is 27.3 Å². The molecule has 0 unspecified atom stereocenters. The number of nitrogens with one attached hydrogen (secondary N) is 1. The van der Waals surface area contributed by atoms with E-state index in [1.165, 1.54) is 7.11 Å². The van der Waals surface area contributed by atoms with Crippen LogP contribution >= 0.6 is 0 Å². The standard InChI is InChI=1S/C21H23N3O4/c1-27-18-9-5-6-15(19(18)28-2)20(25)23-12-10-14(11-13-23)24-17-8-4-3-7-16(17)22-21(24)26/h3-9,14H,10-13H2,1-2H3,(H,22,26). The van der Waals surface area contributed by atoms with Crippen LogP contribution in [0, 0.1) is 0 Å². The Kier molecular flexibility index (Phi) is 4.81. The summed E-state index contributed by atoms with van der Waals surface area (Å²) >= 11 is 0. The Bertz CT molecular complexity index is 1060. The zero-order chi connectivity index (χ0) is 19.7. The molecule has 1 fully saturated rings. The van der Waals surface area contributed by atoms with Crippen molar-refractivity contribution in [2.45, 2.75) is 18.9 Å². The maximum absolute atomic E-state index is 13.0. The zero-order valence-corrected chi connectivity index (χ0v) is 16.0. The number of fused-ring (bicyclic) bond motifs is 1. The molecule has 0 aliphatic carbocycles. The molecule has 0 radical (unpaired) electrons. The monoisotopic (exact) mass is 381 g/mol. The number of aromatic nitrogens is 2. The number of likely N-dealkylation sites (tertiary alicyclic amines) is 1. The highest BCUT2D eigenvalue weighted by Gasteiger charge is 2.28. The van der Waals surface area contributed by atoms with E-state index < -0.39 is 0 Å². The molecule has 4 rings (SSSR count). The van der Waals surface area contributed by atoms with E-state index in [-0.39, 0.29) is 17.6 Å². The van der Waals surface area contributed by atoms with Crippen LogP contribution in [0.25, 0.3) is 11.0 Å². The van der Waals surface area contributed by atoms with Crippen LogP contribution in [-0.4, -0.2) is 47.7 Å². The van der Waals surface area contributed by atoms with Crippen LogP contribution in [0.1, 0.15) is 29.2 Å². The number of hydrogen-bond acceptors (Lipinski definition) is 4. The predicted octanol–water partition coefficient (Wildman–Crippen LogP) is 2.82. The van der Waals surface area contributed by atoms with Gasteiger partial charge in [0.25, 0.3) is 5.91 Å². The largest absolute Gasteiger partial charge is 0.493 e. The number of ether oxygens (including phenoxy) is 2. The number of carbonyl (C=O) groups excluding carboxylic acids is 1. The highest BCUT2D eigenvalue weighted by molar-refractivity contribution is 5.97. The Balaban J connectivity index is 1.54. The van der Waals surface area contributed by atoms with Crippen molar-refractivity contribution < 1.29 is 14.3 Å². The van der Waals surface area contributed by atoms with Crippen molar-refractivity contribution in [1.29, 1.82) is 0 Å². The fourth-order valence-electron chi connectivity index (χ4n) is 3.99. The fourth-order valence-corrected chi connectivity index (χ4v) is 3.99. The molecule has 7 nitrogen and oxygen atoms in total. The average Bonchev–Trinajstić information content (AvgIpc) is 3.08. The smallest absolute Gasteiger partial charge is 0.326 e. The first-order valence-corrected chi connectivity index (χ1v) is 9.33.